The maximum absolute atomic E-state index is 12.2. The summed E-state index contributed by atoms with van der Waals surface area (Å²) in [5, 5.41) is 3.12. The topological polar surface area (TPSA) is 95.5 Å². The Hall–Kier alpha value is -1.74. The van der Waals surface area contributed by atoms with Gasteiger partial charge in [-0.05, 0) is 19.8 Å². The minimum atomic E-state index is -3.24. The molecule has 1 saturated heterocycles. The molecule has 1 fully saturated rings. The number of aromatic nitrogens is 2. The van der Waals surface area contributed by atoms with Gasteiger partial charge in [0.05, 0.1) is 18.0 Å². The molecule has 0 spiro atoms. The first-order valence-corrected chi connectivity index (χ1v) is 10.3. The molecule has 0 radical (unpaired) electrons. The summed E-state index contributed by atoms with van der Waals surface area (Å²) in [7, 11) is -1.42. The molecule has 0 bridgehead atoms. The summed E-state index contributed by atoms with van der Waals surface area (Å²) in [4.78, 5) is 22.7. The van der Waals surface area contributed by atoms with E-state index in [0.29, 0.717) is 38.4 Å². The Balaban J connectivity index is 1.91. The van der Waals surface area contributed by atoms with Crippen molar-refractivity contribution in [1.29, 1.82) is 0 Å². The normalized spacial score (nSPS) is 21.2. The lowest BCUT2D eigenvalue weighted by Crippen LogP contribution is -2.38. The SMILES string of the molecule is CCS(=O)(=O)N1CCc2c(nc([C@@H]3CCN(C(C)=O)C3)nc2NC)C1. The minimum Gasteiger partial charge on any atom is -0.373 e. The first-order valence-electron chi connectivity index (χ1n) is 8.66. The fourth-order valence-electron chi connectivity index (χ4n) is 3.49. The van der Waals surface area contributed by atoms with Crippen LogP contribution >= 0.6 is 0 Å². The number of carbonyl (C=O) groups is 1. The highest BCUT2D eigenvalue weighted by molar-refractivity contribution is 7.89. The highest BCUT2D eigenvalue weighted by Crippen LogP contribution is 2.30. The molecule has 0 unspecified atom stereocenters. The molecule has 0 saturated carbocycles. The van der Waals surface area contributed by atoms with Crippen LogP contribution in [0, 0.1) is 0 Å². The Bertz CT molecular complexity index is 780. The highest BCUT2D eigenvalue weighted by atomic mass is 32.2. The van der Waals surface area contributed by atoms with Crippen molar-refractivity contribution in [2.45, 2.75) is 39.2 Å². The van der Waals surface area contributed by atoms with Crippen LogP contribution in [0.25, 0.3) is 0 Å². The molecule has 1 aromatic rings. The van der Waals surface area contributed by atoms with E-state index >= 15 is 0 Å². The number of hydrogen-bond acceptors (Lipinski definition) is 6. The van der Waals surface area contributed by atoms with E-state index in [1.165, 1.54) is 4.31 Å². The Morgan fingerprint density at radius 3 is 2.68 bits per heavy atom. The molecule has 8 nitrogen and oxygen atoms in total. The van der Waals surface area contributed by atoms with Gasteiger partial charge >= 0.3 is 0 Å². The van der Waals surface area contributed by atoms with Crippen molar-refractivity contribution >= 4 is 21.7 Å². The average Bonchev–Trinajstić information content (AvgIpc) is 3.10. The third kappa shape index (κ3) is 3.48. The van der Waals surface area contributed by atoms with E-state index in [0.717, 1.165) is 23.5 Å². The zero-order valence-corrected chi connectivity index (χ0v) is 15.8. The van der Waals surface area contributed by atoms with Gasteiger partial charge in [-0.3, -0.25) is 4.79 Å². The predicted molar refractivity (Wildman–Crippen MR) is 94.8 cm³/mol. The number of likely N-dealkylation sites (tertiary alicyclic amines) is 1. The van der Waals surface area contributed by atoms with Crippen LogP contribution in [-0.2, 0) is 27.8 Å². The molecule has 138 valence electrons. The maximum Gasteiger partial charge on any atom is 0.219 e. The van der Waals surface area contributed by atoms with Gasteiger partial charge < -0.3 is 10.2 Å². The third-order valence-electron chi connectivity index (χ3n) is 5.04. The van der Waals surface area contributed by atoms with Crippen molar-refractivity contribution in [3.8, 4) is 0 Å². The number of anilines is 1. The Kier molecular flexibility index (Phi) is 4.97. The summed E-state index contributed by atoms with van der Waals surface area (Å²) in [6.07, 6.45) is 1.44. The molecule has 1 amide bonds. The van der Waals surface area contributed by atoms with Gasteiger partial charge in [0.25, 0.3) is 0 Å². The summed E-state index contributed by atoms with van der Waals surface area (Å²) in [6.45, 7) is 5.31. The van der Waals surface area contributed by atoms with Crippen molar-refractivity contribution in [3.05, 3.63) is 17.1 Å². The van der Waals surface area contributed by atoms with Gasteiger partial charge in [-0.1, -0.05) is 0 Å². The largest absolute Gasteiger partial charge is 0.373 e. The van der Waals surface area contributed by atoms with Crippen LogP contribution in [0.1, 0.15) is 43.3 Å². The number of carbonyl (C=O) groups excluding carboxylic acids is 1. The van der Waals surface area contributed by atoms with E-state index in [4.69, 9.17) is 4.98 Å². The van der Waals surface area contributed by atoms with E-state index in [2.05, 4.69) is 10.3 Å². The fourth-order valence-corrected chi connectivity index (χ4v) is 4.55. The van der Waals surface area contributed by atoms with E-state index < -0.39 is 10.0 Å². The maximum atomic E-state index is 12.2. The lowest BCUT2D eigenvalue weighted by molar-refractivity contribution is -0.127. The molecule has 3 heterocycles. The van der Waals surface area contributed by atoms with E-state index in [-0.39, 0.29) is 17.6 Å². The molecule has 1 aromatic heterocycles. The van der Waals surface area contributed by atoms with Crippen LogP contribution < -0.4 is 5.32 Å². The number of sulfonamides is 1. The predicted octanol–water partition coefficient (Wildman–Crippen LogP) is 0.562. The van der Waals surface area contributed by atoms with Crippen molar-refractivity contribution in [1.82, 2.24) is 19.2 Å². The minimum absolute atomic E-state index is 0.0644. The molecule has 2 aliphatic rings. The first-order chi connectivity index (χ1) is 11.9. The molecule has 1 N–H and O–H groups in total. The standard InChI is InChI=1S/C16H25N5O3S/c1-4-25(23,24)21-8-6-13-14(10-21)18-15(19-16(13)17-3)12-5-7-20(9-12)11(2)22/h12H,4-10H2,1-3H3,(H,17,18,19)/t12-/m1/s1. The molecule has 1 atom stereocenters. The first kappa shape index (κ1) is 18.1. The van der Waals surface area contributed by atoms with Gasteiger partial charge in [0.15, 0.2) is 0 Å². The van der Waals surface area contributed by atoms with Crippen LogP contribution in [-0.4, -0.2) is 65.9 Å². The van der Waals surface area contributed by atoms with Crippen molar-refractivity contribution in [2.75, 3.05) is 37.8 Å². The quantitative estimate of drug-likeness (QED) is 0.836. The number of nitrogens with zero attached hydrogens (tertiary/aromatic N) is 4. The molecule has 3 rings (SSSR count). The van der Waals surface area contributed by atoms with E-state index in [1.54, 1.807) is 18.7 Å². The second kappa shape index (κ2) is 6.87. The van der Waals surface area contributed by atoms with Crippen LogP contribution in [0.5, 0.6) is 0 Å². The number of fused-ring (bicyclic) bond motifs is 1. The van der Waals surface area contributed by atoms with Gasteiger partial charge in [-0.25, -0.2) is 18.4 Å². The smallest absolute Gasteiger partial charge is 0.219 e. The Morgan fingerprint density at radius 1 is 1.32 bits per heavy atom. The van der Waals surface area contributed by atoms with Crippen LogP contribution in [0.4, 0.5) is 5.82 Å². The van der Waals surface area contributed by atoms with Crippen LogP contribution in [0.15, 0.2) is 0 Å². The Labute approximate surface area is 148 Å². The monoisotopic (exact) mass is 367 g/mol. The second-order valence-electron chi connectivity index (χ2n) is 6.54. The van der Waals surface area contributed by atoms with Gasteiger partial charge in [0.2, 0.25) is 15.9 Å². The lowest BCUT2D eigenvalue weighted by atomic mass is 10.0. The van der Waals surface area contributed by atoms with Crippen molar-refractivity contribution < 1.29 is 13.2 Å². The summed E-state index contributed by atoms with van der Waals surface area (Å²) >= 11 is 0. The molecule has 25 heavy (non-hydrogen) atoms. The summed E-state index contributed by atoms with van der Waals surface area (Å²) < 4.78 is 25.9. The zero-order valence-electron chi connectivity index (χ0n) is 14.9. The molecule has 0 aliphatic carbocycles. The number of hydrogen-bond donors (Lipinski definition) is 1. The molecule has 0 aromatic carbocycles. The number of rotatable bonds is 4. The zero-order chi connectivity index (χ0) is 18.2. The molecular formula is C16H25N5O3S. The summed E-state index contributed by atoms with van der Waals surface area (Å²) in [6, 6.07) is 0. The number of amides is 1. The summed E-state index contributed by atoms with van der Waals surface area (Å²) in [5.41, 5.74) is 1.77. The number of nitrogens with one attached hydrogen (secondary N) is 1. The molecule has 2 aliphatic heterocycles. The average molecular weight is 367 g/mol. The highest BCUT2D eigenvalue weighted by Gasteiger charge is 2.32. The lowest BCUT2D eigenvalue weighted by Gasteiger charge is -2.28. The van der Waals surface area contributed by atoms with Crippen molar-refractivity contribution in [2.24, 2.45) is 0 Å². The van der Waals surface area contributed by atoms with Crippen molar-refractivity contribution in [3.63, 3.8) is 0 Å². The molecular weight excluding hydrogens is 342 g/mol. The van der Waals surface area contributed by atoms with Gasteiger partial charge in [-0.2, -0.15) is 4.31 Å². The second-order valence-corrected chi connectivity index (χ2v) is 8.80. The van der Waals surface area contributed by atoms with E-state index in [9.17, 15) is 13.2 Å². The van der Waals surface area contributed by atoms with E-state index in [1.807, 2.05) is 7.05 Å². The third-order valence-corrected chi connectivity index (χ3v) is 6.87. The van der Waals surface area contributed by atoms with Gasteiger partial charge in [-0.15, -0.1) is 0 Å². The van der Waals surface area contributed by atoms with Gasteiger partial charge in [0, 0.05) is 45.1 Å². The van der Waals surface area contributed by atoms with Crippen LogP contribution in [0.3, 0.4) is 0 Å². The fraction of sp³-hybridized carbons (Fsp3) is 0.688. The van der Waals surface area contributed by atoms with Crippen LogP contribution in [0.2, 0.25) is 0 Å². The Morgan fingerprint density at radius 2 is 2.08 bits per heavy atom. The van der Waals surface area contributed by atoms with Gasteiger partial charge in [0.1, 0.15) is 11.6 Å². The molecule has 9 heteroatoms. The summed E-state index contributed by atoms with van der Waals surface area (Å²) in [5.74, 6) is 1.72.